The SMILES string of the molecule is CC(C)(O)C(F)(F)c1nn(-c2ccnc(N)n2)c2cc(Br)ccc12. The number of hydrogen-bond acceptors (Lipinski definition) is 5. The third-order valence-electron chi connectivity index (χ3n) is 3.59. The monoisotopic (exact) mass is 397 g/mol. The Hall–Kier alpha value is -2.13. The highest BCUT2D eigenvalue weighted by molar-refractivity contribution is 9.10. The minimum atomic E-state index is -3.57. The normalized spacial score (nSPS) is 12.8. The molecule has 0 aliphatic heterocycles. The van der Waals surface area contributed by atoms with Gasteiger partial charge in [-0.1, -0.05) is 15.9 Å². The lowest BCUT2D eigenvalue weighted by molar-refractivity contribution is -0.170. The summed E-state index contributed by atoms with van der Waals surface area (Å²) >= 11 is 3.32. The molecular weight excluding hydrogens is 384 g/mol. The van der Waals surface area contributed by atoms with Crippen LogP contribution in [0.1, 0.15) is 19.5 Å². The van der Waals surface area contributed by atoms with Crippen LogP contribution in [-0.4, -0.2) is 30.5 Å². The maximum absolute atomic E-state index is 14.7. The number of nitrogen functional groups attached to an aromatic ring is 1. The summed E-state index contributed by atoms with van der Waals surface area (Å²) < 4.78 is 31.4. The maximum atomic E-state index is 14.7. The summed E-state index contributed by atoms with van der Waals surface area (Å²) in [4.78, 5) is 7.81. The largest absolute Gasteiger partial charge is 0.384 e. The number of benzene rings is 1. The summed E-state index contributed by atoms with van der Waals surface area (Å²) in [5.74, 6) is -3.31. The quantitative estimate of drug-likeness (QED) is 0.708. The Bertz CT molecular complexity index is 920. The lowest BCUT2D eigenvalue weighted by Gasteiger charge is -2.27. The molecule has 0 atom stereocenters. The topological polar surface area (TPSA) is 89.9 Å². The number of nitrogens with two attached hydrogens (primary N) is 1. The zero-order valence-electron chi connectivity index (χ0n) is 12.8. The average Bonchev–Trinajstić information content (AvgIpc) is 2.85. The number of aliphatic hydroxyl groups is 1. The van der Waals surface area contributed by atoms with E-state index in [0.29, 0.717) is 9.99 Å². The lowest BCUT2D eigenvalue weighted by atomic mass is 9.96. The summed E-state index contributed by atoms with van der Waals surface area (Å²) in [6.45, 7) is 2.08. The first-order valence-corrected chi connectivity index (χ1v) is 7.78. The van der Waals surface area contributed by atoms with Gasteiger partial charge in [-0.25, -0.2) is 9.67 Å². The predicted molar refractivity (Wildman–Crippen MR) is 89.0 cm³/mol. The molecule has 24 heavy (non-hydrogen) atoms. The number of halogens is 3. The Kier molecular flexibility index (Phi) is 3.80. The molecular formula is C15H14BrF2N5O. The molecule has 0 saturated carbocycles. The number of alkyl halides is 2. The zero-order valence-corrected chi connectivity index (χ0v) is 14.4. The second-order valence-corrected chi connectivity index (χ2v) is 6.74. The van der Waals surface area contributed by atoms with Crippen molar-refractivity contribution in [2.45, 2.75) is 25.4 Å². The van der Waals surface area contributed by atoms with Gasteiger partial charge in [0.2, 0.25) is 5.95 Å². The number of rotatable bonds is 3. The van der Waals surface area contributed by atoms with Crippen LogP contribution in [0.4, 0.5) is 14.7 Å². The smallest absolute Gasteiger partial charge is 0.319 e. The second kappa shape index (κ2) is 5.45. The van der Waals surface area contributed by atoms with E-state index in [9.17, 15) is 13.9 Å². The summed E-state index contributed by atoms with van der Waals surface area (Å²) in [6, 6.07) is 6.30. The summed E-state index contributed by atoms with van der Waals surface area (Å²) in [6.07, 6.45) is 1.41. The third-order valence-corrected chi connectivity index (χ3v) is 4.08. The van der Waals surface area contributed by atoms with E-state index in [0.717, 1.165) is 13.8 Å². The summed E-state index contributed by atoms with van der Waals surface area (Å²) in [7, 11) is 0. The van der Waals surface area contributed by atoms with Crippen molar-refractivity contribution in [3.63, 3.8) is 0 Å². The van der Waals surface area contributed by atoms with Crippen molar-refractivity contribution >= 4 is 32.8 Å². The fourth-order valence-electron chi connectivity index (χ4n) is 2.27. The predicted octanol–water partition coefficient (Wildman–Crippen LogP) is 3.02. The van der Waals surface area contributed by atoms with Crippen LogP contribution in [0.15, 0.2) is 34.9 Å². The molecule has 6 nitrogen and oxygen atoms in total. The third kappa shape index (κ3) is 2.63. The minimum Gasteiger partial charge on any atom is -0.384 e. The van der Waals surface area contributed by atoms with Gasteiger partial charge in [0, 0.05) is 22.1 Å². The Morgan fingerprint density at radius 2 is 1.96 bits per heavy atom. The summed E-state index contributed by atoms with van der Waals surface area (Å²) in [5.41, 5.74) is 3.16. The number of anilines is 1. The van der Waals surface area contributed by atoms with Crippen LogP contribution in [0.2, 0.25) is 0 Å². The number of hydrogen-bond donors (Lipinski definition) is 2. The van der Waals surface area contributed by atoms with Crippen LogP contribution in [0.3, 0.4) is 0 Å². The van der Waals surface area contributed by atoms with E-state index in [1.807, 2.05) is 0 Å². The van der Waals surface area contributed by atoms with E-state index >= 15 is 0 Å². The molecule has 0 unspecified atom stereocenters. The van der Waals surface area contributed by atoms with Gasteiger partial charge in [-0.2, -0.15) is 18.9 Å². The molecule has 3 aromatic rings. The molecule has 9 heteroatoms. The molecule has 0 spiro atoms. The molecule has 0 saturated heterocycles. The van der Waals surface area contributed by atoms with Crippen LogP contribution in [0.25, 0.3) is 16.7 Å². The highest BCUT2D eigenvalue weighted by Gasteiger charge is 2.50. The molecule has 126 valence electrons. The van der Waals surface area contributed by atoms with E-state index in [2.05, 4.69) is 31.0 Å². The van der Waals surface area contributed by atoms with Crippen molar-refractivity contribution in [1.29, 1.82) is 0 Å². The van der Waals surface area contributed by atoms with Crippen molar-refractivity contribution in [2.24, 2.45) is 0 Å². The van der Waals surface area contributed by atoms with Gasteiger partial charge in [-0.15, -0.1) is 0 Å². The van der Waals surface area contributed by atoms with Gasteiger partial charge in [-0.05, 0) is 32.0 Å². The lowest BCUT2D eigenvalue weighted by Crippen LogP contribution is -2.40. The Labute approximate surface area is 144 Å². The molecule has 3 rings (SSSR count). The van der Waals surface area contributed by atoms with Gasteiger partial charge in [-0.3, -0.25) is 0 Å². The van der Waals surface area contributed by atoms with Gasteiger partial charge < -0.3 is 10.8 Å². The van der Waals surface area contributed by atoms with Crippen LogP contribution in [-0.2, 0) is 5.92 Å². The number of fused-ring (bicyclic) bond motifs is 1. The molecule has 0 amide bonds. The zero-order chi connectivity index (χ0) is 17.7. The van der Waals surface area contributed by atoms with Gasteiger partial charge in [0.1, 0.15) is 11.3 Å². The van der Waals surface area contributed by atoms with Crippen molar-refractivity contribution in [1.82, 2.24) is 19.7 Å². The van der Waals surface area contributed by atoms with E-state index in [4.69, 9.17) is 5.73 Å². The molecule has 2 aromatic heterocycles. The molecule has 0 radical (unpaired) electrons. The van der Waals surface area contributed by atoms with Gasteiger partial charge in [0.15, 0.2) is 5.82 Å². The van der Waals surface area contributed by atoms with E-state index in [1.54, 1.807) is 12.1 Å². The standard InChI is InChI=1S/C15H14BrF2N5O/c1-14(2,24)15(17,18)12-9-4-3-8(16)7-10(9)23(22-12)11-5-6-20-13(19)21-11/h3-7,24H,1-2H3,(H2,19,20,21). The highest BCUT2D eigenvalue weighted by Crippen LogP contribution is 2.42. The highest BCUT2D eigenvalue weighted by atomic mass is 79.9. The molecule has 0 bridgehead atoms. The van der Waals surface area contributed by atoms with Crippen molar-refractivity contribution in [2.75, 3.05) is 5.73 Å². The van der Waals surface area contributed by atoms with Crippen molar-refractivity contribution in [3.05, 3.63) is 40.6 Å². The molecule has 3 N–H and O–H groups in total. The van der Waals surface area contributed by atoms with Crippen molar-refractivity contribution in [3.8, 4) is 5.82 Å². The van der Waals surface area contributed by atoms with Gasteiger partial charge in [0.25, 0.3) is 0 Å². The molecule has 1 aromatic carbocycles. The molecule has 0 aliphatic rings. The van der Waals surface area contributed by atoms with E-state index in [-0.39, 0.29) is 17.2 Å². The number of nitrogens with zero attached hydrogens (tertiary/aromatic N) is 4. The average molecular weight is 398 g/mol. The first-order chi connectivity index (χ1) is 11.1. The first kappa shape index (κ1) is 16.7. The Balaban J connectivity index is 2.34. The van der Waals surface area contributed by atoms with Crippen LogP contribution in [0, 0.1) is 0 Å². The summed E-state index contributed by atoms with van der Waals surface area (Å²) in [5, 5.41) is 14.1. The maximum Gasteiger partial charge on any atom is 0.319 e. The van der Waals surface area contributed by atoms with E-state index in [1.165, 1.54) is 23.0 Å². The fraction of sp³-hybridized carbons (Fsp3) is 0.267. The van der Waals surface area contributed by atoms with Gasteiger partial charge in [0.05, 0.1) is 5.52 Å². The van der Waals surface area contributed by atoms with E-state index < -0.39 is 17.2 Å². The van der Waals surface area contributed by atoms with Crippen LogP contribution >= 0.6 is 15.9 Å². The van der Waals surface area contributed by atoms with Gasteiger partial charge >= 0.3 is 5.92 Å². The Morgan fingerprint density at radius 1 is 1.25 bits per heavy atom. The Morgan fingerprint density at radius 3 is 2.58 bits per heavy atom. The molecule has 0 fully saturated rings. The molecule has 0 aliphatic carbocycles. The van der Waals surface area contributed by atoms with Crippen molar-refractivity contribution < 1.29 is 13.9 Å². The minimum absolute atomic E-state index is 0.00180. The fourth-order valence-corrected chi connectivity index (χ4v) is 2.62. The molecule has 2 heterocycles. The number of aromatic nitrogens is 4. The first-order valence-electron chi connectivity index (χ1n) is 6.99. The van der Waals surface area contributed by atoms with Crippen LogP contribution in [0.5, 0.6) is 0 Å². The second-order valence-electron chi connectivity index (χ2n) is 5.83. The van der Waals surface area contributed by atoms with Crippen LogP contribution < -0.4 is 5.73 Å².